The van der Waals surface area contributed by atoms with Crippen LogP contribution < -0.4 is 5.32 Å². The van der Waals surface area contributed by atoms with Gasteiger partial charge in [-0.25, -0.2) is 0 Å². The molecule has 41 heavy (non-hydrogen) atoms. The van der Waals surface area contributed by atoms with E-state index in [0.29, 0.717) is 0 Å². The summed E-state index contributed by atoms with van der Waals surface area (Å²) in [7, 11) is 0. The first-order chi connectivity index (χ1) is 19.8. The molecule has 10 atom stereocenters. The van der Waals surface area contributed by atoms with Crippen molar-refractivity contribution in [3.63, 3.8) is 0 Å². The van der Waals surface area contributed by atoms with E-state index in [1.165, 1.54) is 18.7 Å². The van der Waals surface area contributed by atoms with Gasteiger partial charge in [-0.2, -0.15) is 0 Å². The molecule has 1 amide bonds. The van der Waals surface area contributed by atoms with Gasteiger partial charge in [0.15, 0.2) is 0 Å². The molecule has 1 aromatic carbocycles. The number of hydrogen-bond donors (Lipinski definition) is 5. The number of fused-ring (bicyclic) bond motifs is 1. The van der Waals surface area contributed by atoms with E-state index < -0.39 is 86.3 Å². The van der Waals surface area contributed by atoms with Crippen LogP contribution in [-0.4, -0.2) is 119 Å². The number of unbranched alkanes of at least 4 members (excludes halogenated alkanes) is 2. The maximum atomic E-state index is 12.1. The van der Waals surface area contributed by atoms with E-state index in [2.05, 4.69) is 19.2 Å². The number of carbonyl (C=O) groups is 1. The second-order valence-corrected chi connectivity index (χ2v) is 21.5. The summed E-state index contributed by atoms with van der Waals surface area (Å²) in [6.45, 7) is 4.74. The number of amides is 1. The summed E-state index contributed by atoms with van der Waals surface area (Å²) >= 11 is -2.26. The van der Waals surface area contributed by atoms with Crippen LogP contribution in [0.3, 0.4) is 0 Å². The van der Waals surface area contributed by atoms with Crippen LogP contribution >= 0.6 is 11.8 Å². The van der Waals surface area contributed by atoms with Crippen LogP contribution in [0.1, 0.15) is 46.5 Å². The Morgan fingerprint density at radius 3 is 2.17 bits per heavy atom. The zero-order valence-electron chi connectivity index (χ0n) is 24.0. The number of rotatable bonds is 13. The van der Waals surface area contributed by atoms with Crippen molar-refractivity contribution in [2.75, 3.05) is 13.2 Å². The molecule has 3 aliphatic heterocycles. The van der Waals surface area contributed by atoms with Crippen LogP contribution in [0, 0.1) is 0 Å². The van der Waals surface area contributed by atoms with E-state index in [0.717, 1.165) is 39.5 Å². The van der Waals surface area contributed by atoms with Crippen molar-refractivity contribution in [3.8, 4) is 0 Å². The molecule has 3 aliphatic rings. The van der Waals surface area contributed by atoms with Crippen LogP contribution in [0.5, 0.6) is 0 Å². The Balaban J connectivity index is 1.53. The predicted molar refractivity (Wildman–Crippen MR) is 153 cm³/mol. The summed E-state index contributed by atoms with van der Waals surface area (Å²) in [4.78, 5) is 12.9. The Morgan fingerprint density at radius 2 is 1.59 bits per heavy atom. The van der Waals surface area contributed by atoms with Crippen LogP contribution in [-0.2, 0) is 25.2 Å². The van der Waals surface area contributed by atoms with Gasteiger partial charge in [0.05, 0.1) is 0 Å². The van der Waals surface area contributed by atoms with Gasteiger partial charge in [-0.05, 0) is 0 Å². The predicted octanol–water partition coefficient (Wildman–Crippen LogP) is 1.65. The van der Waals surface area contributed by atoms with E-state index in [-0.39, 0.29) is 12.5 Å². The molecule has 0 spiro atoms. The number of aliphatic hydroxyl groups is 4. The maximum absolute atomic E-state index is 12.1. The number of nitrogens with one attached hydrogen (secondary N) is 1. The van der Waals surface area contributed by atoms with Gasteiger partial charge in [-0.15, -0.1) is 0 Å². The minimum absolute atomic E-state index is 0.363. The standard InChI is InChI=1S/C20H27NO10S.2C4H9.Sn/c1-9(24)21-13-15(26)18(31-19-17(28)16(27)14(25)11(7-22)29-19)12(8-23)30-20(13)32-10-5-3-2-4-6-10;2*1-3-4-2;/h2-6,11-20,22-23,26,28H,7-8H2,1H3,(H,21,24);2*1,3-4H2,2H3;/q-2;;;+2/t11-,12-,13-,14+,15-,16+,17-,18-,19+,20+;;;/m1.../s1. The molecule has 0 bridgehead atoms. The SMILES string of the molecule is CCC[CH2][Sn]1([CH2]CCC)[O][C@@H]2[C@@H](O)[C@H](O[C@H]3[C@H](O)[C@@H](NC(C)=O)[C@H](Sc4ccccc4)O[C@@H]3CO)O[C@H](CO)[C@@H]2[O]1. The number of ether oxygens (including phenoxy) is 3. The summed E-state index contributed by atoms with van der Waals surface area (Å²) in [6, 6.07) is 8.51. The van der Waals surface area contributed by atoms with Gasteiger partial charge < -0.3 is 0 Å². The molecule has 232 valence electrons. The molecule has 0 aliphatic carbocycles. The third kappa shape index (κ3) is 7.96. The van der Waals surface area contributed by atoms with E-state index in [1.807, 2.05) is 30.3 Å². The fourth-order valence-electron chi connectivity index (χ4n) is 5.72. The van der Waals surface area contributed by atoms with Gasteiger partial charge in [-0.1, -0.05) is 18.2 Å². The first-order valence-electron chi connectivity index (χ1n) is 14.6. The van der Waals surface area contributed by atoms with Crippen molar-refractivity contribution in [3.05, 3.63) is 30.3 Å². The van der Waals surface area contributed by atoms with Crippen molar-refractivity contribution in [1.82, 2.24) is 5.32 Å². The fraction of sp³-hybridized carbons (Fsp3) is 0.750. The molecule has 1 aromatic rings. The van der Waals surface area contributed by atoms with Crippen LogP contribution in [0.4, 0.5) is 0 Å². The summed E-state index contributed by atoms with van der Waals surface area (Å²) in [5.41, 5.74) is -0.724. The molecule has 5 N–H and O–H groups in total. The Kier molecular flexibility index (Phi) is 12.6. The molecule has 3 saturated heterocycles. The molecule has 3 heterocycles. The zero-order chi connectivity index (χ0) is 29.6. The first-order valence-corrected chi connectivity index (χ1v) is 21.9. The first kappa shape index (κ1) is 33.4. The van der Waals surface area contributed by atoms with Gasteiger partial charge >= 0.3 is 234 Å². The molecule has 3 fully saturated rings. The van der Waals surface area contributed by atoms with Crippen molar-refractivity contribution >= 4 is 36.9 Å². The van der Waals surface area contributed by atoms with Gasteiger partial charge in [0.1, 0.15) is 0 Å². The van der Waals surface area contributed by atoms with E-state index >= 15 is 0 Å². The third-order valence-corrected chi connectivity index (χ3v) is 19.4. The number of benzene rings is 1. The monoisotopic (exact) mass is 707 g/mol. The number of thioether (sulfide) groups is 1. The van der Waals surface area contributed by atoms with Gasteiger partial charge in [0.25, 0.3) is 0 Å². The number of carbonyl (C=O) groups excluding carboxylic acids is 1. The zero-order valence-corrected chi connectivity index (χ0v) is 27.6. The van der Waals surface area contributed by atoms with E-state index in [1.54, 1.807) is 0 Å². The van der Waals surface area contributed by atoms with Crippen molar-refractivity contribution in [2.24, 2.45) is 0 Å². The van der Waals surface area contributed by atoms with E-state index in [4.69, 9.17) is 20.4 Å². The van der Waals surface area contributed by atoms with E-state index in [9.17, 15) is 25.2 Å². The van der Waals surface area contributed by atoms with Crippen LogP contribution in [0.25, 0.3) is 0 Å². The van der Waals surface area contributed by atoms with Crippen LogP contribution in [0.15, 0.2) is 35.2 Å². The third-order valence-electron chi connectivity index (χ3n) is 7.83. The van der Waals surface area contributed by atoms with Gasteiger partial charge in [-0.3, -0.25) is 0 Å². The Hall–Kier alpha value is -0.521. The summed E-state index contributed by atoms with van der Waals surface area (Å²) in [5, 5.41) is 46.0. The molecule has 4 rings (SSSR count). The molecule has 11 nitrogen and oxygen atoms in total. The quantitative estimate of drug-likeness (QED) is 0.190. The molecule has 13 heteroatoms. The molecular formula is C28H45NO10SSn. The molecular weight excluding hydrogens is 661 g/mol. The second kappa shape index (κ2) is 15.5. The van der Waals surface area contributed by atoms with Gasteiger partial charge in [0, 0.05) is 0 Å². The summed E-state index contributed by atoms with van der Waals surface area (Å²) in [6.07, 6.45) is -4.19. The Morgan fingerprint density at radius 1 is 0.951 bits per heavy atom. The van der Waals surface area contributed by atoms with Crippen molar-refractivity contribution < 1.29 is 45.6 Å². The van der Waals surface area contributed by atoms with Crippen LogP contribution in [0.2, 0.25) is 8.87 Å². The molecule has 0 saturated carbocycles. The second-order valence-electron chi connectivity index (χ2n) is 11.0. The Labute approximate surface area is 251 Å². The molecule has 0 aromatic heterocycles. The number of hydrogen-bond acceptors (Lipinski definition) is 11. The molecule has 0 unspecified atom stereocenters. The van der Waals surface area contributed by atoms with Crippen molar-refractivity contribution in [1.29, 1.82) is 0 Å². The average Bonchev–Trinajstić information content (AvgIpc) is 3.36. The minimum atomic E-state index is -3.57. The average molecular weight is 706 g/mol. The normalized spacial score (nSPS) is 36.6. The number of aliphatic hydroxyl groups excluding tert-OH is 4. The topological polar surface area (TPSA) is 156 Å². The Bertz CT molecular complexity index is 955. The fourth-order valence-corrected chi connectivity index (χ4v) is 18.6. The van der Waals surface area contributed by atoms with Gasteiger partial charge in [0.2, 0.25) is 0 Å². The van der Waals surface area contributed by atoms with Crippen molar-refractivity contribution in [2.45, 2.75) is 121 Å². The summed E-state index contributed by atoms with van der Waals surface area (Å²) in [5.74, 6) is -0.367. The summed E-state index contributed by atoms with van der Waals surface area (Å²) < 4.78 is 33.2. The molecule has 0 radical (unpaired) electrons.